The summed E-state index contributed by atoms with van der Waals surface area (Å²) in [6, 6.07) is 9.09. The van der Waals surface area contributed by atoms with E-state index in [0.717, 1.165) is 41.6 Å². The quantitative estimate of drug-likeness (QED) is 0.473. The Morgan fingerprint density at radius 1 is 1.21 bits per heavy atom. The summed E-state index contributed by atoms with van der Waals surface area (Å²) < 4.78 is 12.0. The number of pyridine rings is 1. The van der Waals surface area contributed by atoms with Crippen LogP contribution in [0.3, 0.4) is 0 Å². The molecule has 1 aromatic heterocycles. The molecule has 2 saturated heterocycles. The molecule has 2 aliphatic heterocycles. The number of carbonyl (C=O) groups is 3. The second-order valence-electron chi connectivity index (χ2n) is 7.85. The normalized spacial score (nSPS) is 17.4. The number of piperidine rings is 1. The fraction of sp³-hybridized carbons (Fsp3) is 0.333. The van der Waals surface area contributed by atoms with E-state index in [-0.39, 0.29) is 24.0 Å². The maximum atomic E-state index is 12.9. The molecule has 0 atom stereocenters. The van der Waals surface area contributed by atoms with Gasteiger partial charge in [-0.05, 0) is 82.9 Å². The molecule has 1 aromatic carbocycles. The van der Waals surface area contributed by atoms with Crippen molar-refractivity contribution in [2.45, 2.75) is 25.9 Å². The van der Waals surface area contributed by atoms with Gasteiger partial charge in [-0.25, -0.2) is 0 Å². The summed E-state index contributed by atoms with van der Waals surface area (Å²) in [5, 5.41) is -0.442. The van der Waals surface area contributed by atoms with E-state index < -0.39 is 11.1 Å². The lowest BCUT2D eigenvalue weighted by Crippen LogP contribution is -2.44. The van der Waals surface area contributed by atoms with Gasteiger partial charge in [0.15, 0.2) is 11.5 Å². The number of thioether (sulfide) groups is 1. The maximum absolute atomic E-state index is 12.9. The third-order valence-electron chi connectivity index (χ3n) is 5.52. The van der Waals surface area contributed by atoms with Crippen LogP contribution in [0.4, 0.5) is 4.79 Å². The Hall–Kier alpha value is -2.85. The van der Waals surface area contributed by atoms with Crippen molar-refractivity contribution in [1.82, 2.24) is 14.8 Å². The Bertz CT molecular complexity index is 1120. The van der Waals surface area contributed by atoms with Crippen molar-refractivity contribution >= 4 is 50.8 Å². The zero-order valence-electron chi connectivity index (χ0n) is 18.7. The van der Waals surface area contributed by atoms with Gasteiger partial charge in [0, 0.05) is 19.3 Å². The number of benzene rings is 1. The highest BCUT2D eigenvalue weighted by Crippen LogP contribution is 2.39. The lowest BCUT2D eigenvalue weighted by atomic mass is 10.1. The van der Waals surface area contributed by atoms with Crippen molar-refractivity contribution in [3.05, 3.63) is 57.2 Å². The van der Waals surface area contributed by atoms with E-state index >= 15 is 0 Å². The van der Waals surface area contributed by atoms with Crippen molar-refractivity contribution in [1.29, 1.82) is 0 Å². The molecule has 0 N–H and O–H groups in total. The fourth-order valence-electron chi connectivity index (χ4n) is 3.76. The van der Waals surface area contributed by atoms with Gasteiger partial charge in [0.25, 0.3) is 11.1 Å². The fourth-order valence-corrected chi connectivity index (χ4v) is 5.17. The second-order valence-corrected chi connectivity index (χ2v) is 9.70. The average Bonchev–Trinajstić information content (AvgIpc) is 3.11. The number of carbonyl (C=O) groups excluding carboxylic acids is 3. The number of hydrogen-bond acceptors (Lipinski definition) is 7. The molecule has 10 heteroatoms. The summed E-state index contributed by atoms with van der Waals surface area (Å²) in [5.41, 5.74) is 1.43. The first-order chi connectivity index (χ1) is 16.5. The summed E-state index contributed by atoms with van der Waals surface area (Å²) in [4.78, 5) is 45.1. The summed E-state index contributed by atoms with van der Waals surface area (Å²) in [6.45, 7) is 1.38. The molecule has 3 heterocycles. The molecule has 8 nitrogen and oxygen atoms in total. The summed E-state index contributed by atoms with van der Waals surface area (Å²) in [7, 11) is 1.53. The van der Waals surface area contributed by atoms with E-state index in [2.05, 4.69) is 20.9 Å². The maximum Gasteiger partial charge on any atom is 0.294 e. The monoisotopic (exact) mass is 545 g/mol. The third-order valence-corrected chi connectivity index (χ3v) is 7.01. The smallest absolute Gasteiger partial charge is 0.294 e. The molecule has 0 bridgehead atoms. The van der Waals surface area contributed by atoms with Gasteiger partial charge in [0.05, 0.1) is 22.2 Å². The molecule has 2 aromatic rings. The second kappa shape index (κ2) is 11.1. The molecule has 34 heavy (non-hydrogen) atoms. The number of nitrogens with zero attached hydrogens (tertiary/aromatic N) is 3. The predicted octanol–water partition coefficient (Wildman–Crippen LogP) is 4.48. The molecule has 4 rings (SSSR count). The molecular weight excluding hydrogens is 522 g/mol. The number of methoxy groups -OCH3 is 1. The number of rotatable bonds is 7. The number of aromatic nitrogens is 1. The minimum absolute atomic E-state index is 0.193. The van der Waals surface area contributed by atoms with Crippen molar-refractivity contribution < 1.29 is 23.9 Å². The third kappa shape index (κ3) is 5.61. The minimum Gasteiger partial charge on any atom is -0.493 e. The molecule has 0 spiro atoms. The van der Waals surface area contributed by atoms with Crippen LogP contribution in [-0.2, 0) is 16.2 Å². The largest absolute Gasteiger partial charge is 0.493 e. The first kappa shape index (κ1) is 24.3. The summed E-state index contributed by atoms with van der Waals surface area (Å²) in [5.74, 6) is 0.314. The van der Waals surface area contributed by atoms with Crippen LogP contribution in [0, 0.1) is 0 Å². The Balaban J connectivity index is 1.48. The number of hydrogen-bond donors (Lipinski definition) is 0. The van der Waals surface area contributed by atoms with E-state index in [1.807, 2.05) is 18.2 Å². The highest BCUT2D eigenvalue weighted by Gasteiger charge is 2.37. The average molecular weight is 546 g/mol. The number of likely N-dealkylation sites (tertiary alicyclic amines) is 1. The lowest BCUT2D eigenvalue weighted by molar-refractivity contribution is -0.136. The van der Waals surface area contributed by atoms with Crippen LogP contribution in [0.15, 0.2) is 45.9 Å². The van der Waals surface area contributed by atoms with Gasteiger partial charge < -0.3 is 14.4 Å². The molecule has 178 valence electrons. The Morgan fingerprint density at radius 2 is 2.00 bits per heavy atom. The lowest BCUT2D eigenvalue weighted by Gasteiger charge is -2.27. The van der Waals surface area contributed by atoms with Gasteiger partial charge in [-0.2, -0.15) is 0 Å². The summed E-state index contributed by atoms with van der Waals surface area (Å²) >= 11 is 4.33. The first-order valence-corrected chi connectivity index (χ1v) is 12.5. The number of imide groups is 1. The number of ether oxygens (including phenoxy) is 2. The van der Waals surface area contributed by atoms with Crippen LogP contribution in [0.2, 0.25) is 0 Å². The van der Waals surface area contributed by atoms with Crippen LogP contribution in [0.1, 0.15) is 30.5 Å². The topological polar surface area (TPSA) is 89.0 Å². The SMILES string of the molecule is COc1cc(/C=C2/SC(=O)N(CC(=O)N3CCCCC3)C2=O)cc(Br)c1OCc1ccccn1. The highest BCUT2D eigenvalue weighted by molar-refractivity contribution is 9.10. The zero-order valence-corrected chi connectivity index (χ0v) is 21.1. The molecule has 2 fully saturated rings. The van der Waals surface area contributed by atoms with Crippen molar-refractivity contribution in [3.8, 4) is 11.5 Å². The molecule has 3 amide bonds. The molecule has 2 aliphatic rings. The van der Waals surface area contributed by atoms with E-state index in [0.29, 0.717) is 34.6 Å². The zero-order chi connectivity index (χ0) is 24.1. The minimum atomic E-state index is -0.467. The Labute approximate surface area is 210 Å². The van der Waals surface area contributed by atoms with Crippen LogP contribution >= 0.6 is 27.7 Å². The van der Waals surface area contributed by atoms with Crippen molar-refractivity contribution in [2.24, 2.45) is 0 Å². The van der Waals surface area contributed by atoms with Crippen LogP contribution in [0.25, 0.3) is 6.08 Å². The molecule has 0 radical (unpaired) electrons. The van der Waals surface area contributed by atoms with E-state index in [9.17, 15) is 14.4 Å². The van der Waals surface area contributed by atoms with Crippen molar-refractivity contribution in [2.75, 3.05) is 26.7 Å². The van der Waals surface area contributed by atoms with Gasteiger partial charge in [-0.3, -0.25) is 24.3 Å². The molecule has 0 saturated carbocycles. The Morgan fingerprint density at radius 3 is 2.71 bits per heavy atom. The van der Waals surface area contributed by atoms with Gasteiger partial charge in [-0.1, -0.05) is 6.07 Å². The summed E-state index contributed by atoms with van der Waals surface area (Å²) in [6.07, 6.45) is 6.31. The van der Waals surface area contributed by atoms with Crippen molar-refractivity contribution in [3.63, 3.8) is 0 Å². The van der Waals surface area contributed by atoms with Gasteiger partial charge >= 0.3 is 0 Å². The van der Waals surface area contributed by atoms with Gasteiger partial charge in [-0.15, -0.1) is 0 Å². The highest BCUT2D eigenvalue weighted by atomic mass is 79.9. The molecular formula is C24H24BrN3O5S. The standard InChI is InChI=1S/C24H24BrN3O5S/c1-32-19-12-16(11-18(25)22(19)33-15-17-7-3-4-8-26-17)13-20-23(30)28(24(31)34-20)14-21(29)27-9-5-2-6-10-27/h3-4,7-8,11-13H,2,5-6,9-10,14-15H2,1H3/b20-13+. The molecule has 0 aliphatic carbocycles. The van der Waals surface area contributed by atoms with Gasteiger partial charge in [0.1, 0.15) is 13.2 Å². The van der Waals surface area contributed by atoms with Crippen LogP contribution < -0.4 is 9.47 Å². The van der Waals surface area contributed by atoms with E-state index in [1.165, 1.54) is 7.11 Å². The molecule has 0 unspecified atom stereocenters. The number of amides is 3. The van der Waals surface area contributed by atoms with E-state index in [1.54, 1.807) is 29.3 Å². The Kier molecular flexibility index (Phi) is 7.89. The van der Waals surface area contributed by atoms with Crippen LogP contribution in [0.5, 0.6) is 11.5 Å². The number of halogens is 1. The van der Waals surface area contributed by atoms with E-state index in [4.69, 9.17) is 9.47 Å². The van der Waals surface area contributed by atoms with Gasteiger partial charge in [0.2, 0.25) is 5.91 Å². The first-order valence-electron chi connectivity index (χ1n) is 10.9. The van der Waals surface area contributed by atoms with Crippen LogP contribution in [-0.4, -0.2) is 58.6 Å². The predicted molar refractivity (Wildman–Crippen MR) is 132 cm³/mol.